The van der Waals surface area contributed by atoms with Gasteiger partial charge in [0.2, 0.25) is 11.1 Å². The van der Waals surface area contributed by atoms with Gasteiger partial charge in [0.25, 0.3) is 0 Å². The minimum absolute atomic E-state index is 0.110. The van der Waals surface area contributed by atoms with E-state index in [-0.39, 0.29) is 17.3 Å². The number of fused-ring (bicyclic) bond motifs is 1. The summed E-state index contributed by atoms with van der Waals surface area (Å²) in [5.74, 6) is 1.36. The molecule has 0 spiro atoms. The Labute approximate surface area is 176 Å². The molecule has 4 aromatic rings. The lowest BCUT2D eigenvalue weighted by molar-refractivity contribution is -0.113. The van der Waals surface area contributed by atoms with E-state index in [0.29, 0.717) is 16.7 Å². The van der Waals surface area contributed by atoms with Gasteiger partial charge in [0.15, 0.2) is 5.82 Å². The molecule has 4 rings (SSSR count). The number of carbonyl (C=O) groups is 1. The molecule has 30 heavy (non-hydrogen) atoms. The van der Waals surface area contributed by atoms with Gasteiger partial charge < -0.3 is 10.1 Å². The summed E-state index contributed by atoms with van der Waals surface area (Å²) in [6.07, 6.45) is 0. The van der Waals surface area contributed by atoms with Crippen molar-refractivity contribution in [3.8, 4) is 17.1 Å². The Morgan fingerprint density at radius 1 is 1.13 bits per heavy atom. The quantitative estimate of drug-likeness (QED) is 0.460. The number of aromatic nitrogens is 5. The molecule has 2 aromatic carbocycles. The molecule has 0 unspecified atom stereocenters. The topological polar surface area (TPSA) is 107 Å². The fourth-order valence-corrected chi connectivity index (χ4v) is 3.70. The number of anilines is 1. The third-order valence-corrected chi connectivity index (χ3v) is 5.56. The van der Waals surface area contributed by atoms with Gasteiger partial charge in [-0.2, -0.15) is 0 Å². The lowest BCUT2D eigenvalue weighted by Gasteiger charge is -2.05. The predicted molar refractivity (Wildman–Crippen MR) is 116 cm³/mol. The molecule has 0 saturated carbocycles. The molecule has 1 amide bonds. The van der Waals surface area contributed by atoms with Gasteiger partial charge in [0.1, 0.15) is 5.75 Å². The first-order valence-corrected chi connectivity index (χ1v) is 10.1. The zero-order valence-electron chi connectivity index (χ0n) is 16.7. The van der Waals surface area contributed by atoms with E-state index < -0.39 is 0 Å². The fourth-order valence-electron chi connectivity index (χ4n) is 3.10. The van der Waals surface area contributed by atoms with Crippen LogP contribution in [0, 0.1) is 0 Å². The third-order valence-electron chi connectivity index (χ3n) is 4.72. The van der Waals surface area contributed by atoms with E-state index in [9.17, 15) is 9.59 Å². The van der Waals surface area contributed by atoms with Crippen LogP contribution in [-0.2, 0) is 18.9 Å². The largest absolute Gasteiger partial charge is 0.497 e. The molecule has 2 N–H and O–H groups in total. The van der Waals surface area contributed by atoms with Crippen molar-refractivity contribution in [3.63, 3.8) is 0 Å². The number of imidazole rings is 1. The maximum Gasteiger partial charge on any atom is 0.328 e. The summed E-state index contributed by atoms with van der Waals surface area (Å²) in [4.78, 5) is 28.8. The molecule has 0 saturated heterocycles. The lowest BCUT2D eigenvalue weighted by atomic mass is 10.2. The van der Waals surface area contributed by atoms with Gasteiger partial charge in [-0.1, -0.05) is 11.8 Å². The summed E-state index contributed by atoms with van der Waals surface area (Å²) in [6.45, 7) is 0. The van der Waals surface area contributed by atoms with Crippen molar-refractivity contribution < 1.29 is 9.53 Å². The highest BCUT2D eigenvalue weighted by molar-refractivity contribution is 7.99. The average Bonchev–Trinajstić information content (AvgIpc) is 3.32. The number of H-pyrrole nitrogens is 1. The van der Waals surface area contributed by atoms with Crippen LogP contribution in [0.15, 0.2) is 52.4 Å². The molecule has 0 bridgehead atoms. The van der Waals surface area contributed by atoms with Gasteiger partial charge in [-0.25, -0.2) is 9.78 Å². The number of nitrogens with zero attached hydrogens (tertiary/aromatic N) is 4. The number of nitrogens with one attached hydrogen (secondary N) is 2. The average molecular weight is 424 g/mol. The third kappa shape index (κ3) is 3.81. The highest BCUT2D eigenvalue weighted by Gasteiger charge is 2.12. The molecule has 0 radical (unpaired) electrons. The number of benzene rings is 2. The Balaban J connectivity index is 1.39. The minimum atomic E-state index is -0.184. The zero-order valence-corrected chi connectivity index (χ0v) is 17.5. The second-order valence-corrected chi connectivity index (χ2v) is 7.58. The molecule has 0 aliphatic heterocycles. The normalized spacial score (nSPS) is 11.0. The van der Waals surface area contributed by atoms with E-state index in [4.69, 9.17) is 4.74 Å². The molecule has 0 aliphatic carbocycles. The number of carbonyl (C=O) groups excluding carboxylic acids is 1. The van der Waals surface area contributed by atoms with Crippen molar-refractivity contribution in [1.82, 2.24) is 24.3 Å². The minimum Gasteiger partial charge on any atom is -0.497 e. The Kier molecular flexibility index (Phi) is 5.32. The molecule has 0 atom stereocenters. The molecular weight excluding hydrogens is 404 g/mol. The van der Waals surface area contributed by atoms with Crippen LogP contribution >= 0.6 is 11.8 Å². The fraction of sp³-hybridized carbons (Fsp3) is 0.200. The maximum absolute atomic E-state index is 12.3. The van der Waals surface area contributed by atoms with Crippen LogP contribution in [0.5, 0.6) is 5.75 Å². The van der Waals surface area contributed by atoms with Gasteiger partial charge >= 0.3 is 5.69 Å². The molecule has 2 aromatic heterocycles. The molecule has 2 heterocycles. The summed E-state index contributed by atoms with van der Waals surface area (Å²) in [6, 6.07) is 12.8. The molecule has 9 nitrogen and oxygen atoms in total. The maximum atomic E-state index is 12.3. The van der Waals surface area contributed by atoms with E-state index in [2.05, 4.69) is 20.5 Å². The van der Waals surface area contributed by atoms with E-state index in [1.807, 2.05) is 30.3 Å². The van der Waals surface area contributed by atoms with Gasteiger partial charge in [-0.15, -0.1) is 5.10 Å². The Morgan fingerprint density at radius 2 is 1.87 bits per heavy atom. The summed E-state index contributed by atoms with van der Waals surface area (Å²) < 4.78 is 8.27. The second-order valence-electron chi connectivity index (χ2n) is 6.64. The number of ether oxygens (including phenoxy) is 1. The van der Waals surface area contributed by atoms with Gasteiger partial charge in [0, 0.05) is 25.3 Å². The highest BCUT2D eigenvalue weighted by Crippen LogP contribution is 2.22. The van der Waals surface area contributed by atoms with Crippen molar-refractivity contribution in [2.24, 2.45) is 14.1 Å². The standard InChI is InChI=1S/C20H20N6O3S/c1-25-15-9-6-13(10-16(15)26(2)20(25)28)21-17(27)11-30-19-22-18(23-24-19)12-4-7-14(29-3)8-5-12/h4-10H,11H2,1-3H3,(H,21,27)(H,22,23,24). The van der Waals surface area contributed by atoms with Crippen LogP contribution in [0.4, 0.5) is 5.69 Å². The Morgan fingerprint density at radius 3 is 2.60 bits per heavy atom. The summed E-state index contributed by atoms with van der Waals surface area (Å²) >= 11 is 1.23. The van der Waals surface area contributed by atoms with Gasteiger partial charge in [0.05, 0.1) is 23.9 Å². The summed E-state index contributed by atoms with van der Waals surface area (Å²) in [5, 5.41) is 10.4. The van der Waals surface area contributed by atoms with Crippen LogP contribution in [0.1, 0.15) is 0 Å². The predicted octanol–water partition coefficient (Wildman–Crippen LogP) is 2.40. The highest BCUT2D eigenvalue weighted by atomic mass is 32.2. The number of rotatable bonds is 6. The Hall–Kier alpha value is -3.53. The van der Waals surface area contributed by atoms with Crippen molar-refractivity contribution in [2.75, 3.05) is 18.2 Å². The van der Waals surface area contributed by atoms with Gasteiger partial charge in [-0.3, -0.25) is 19.0 Å². The van der Waals surface area contributed by atoms with E-state index in [1.165, 1.54) is 11.8 Å². The number of amides is 1. The van der Waals surface area contributed by atoms with Crippen molar-refractivity contribution in [3.05, 3.63) is 52.9 Å². The number of thioether (sulfide) groups is 1. The summed E-state index contributed by atoms with van der Waals surface area (Å²) in [5.41, 5.74) is 2.96. The van der Waals surface area contributed by atoms with Crippen molar-refractivity contribution >= 4 is 34.4 Å². The van der Waals surface area contributed by atoms with E-state index in [0.717, 1.165) is 22.3 Å². The Bertz CT molecular complexity index is 1270. The zero-order chi connectivity index (χ0) is 21.3. The van der Waals surface area contributed by atoms with Crippen molar-refractivity contribution in [1.29, 1.82) is 0 Å². The number of aryl methyl sites for hydroxylation is 2. The number of methoxy groups -OCH3 is 1. The smallest absolute Gasteiger partial charge is 0.328 e. The monoisotopic (exact) mass is 424 g/mol. The molecule has 0 fully saturated rings. The van der Waals surface area contributed by atoms with Crippen LogP contribution in [-0.4, -0.2) is 43.1 Å². The molecule has 10 heteroatoms. The van der Waals surface area contributed by atoms with Crippen LogP contribution in [0.3, 0.4) is 0 Å². The van der Waals surface area contributed by atoms with Crippen LogP contribution in [0.25, 0.3) is 22.4 Å². The number of aromatic amines is 1. The first-order chi connectivity index (χ1) is 14.5. The lowest BCUT2D eigenvalue weighted by Crippen LogP contribution is -2.19. The first-order valence-electron chi connectivity index (χ1n) is 9.11. The molecule has 0 aliphatic rings. The SMILES string of the molecule is COc1ccc(-c2nc(SCC(=O)Nc3ccc4c(c3)n(C)c(=O)n4C)n[nH]2)cc1. The first kappa shape index (κ1) is 19.8. The number of hydrogen-bond acceptors (Lipinski definition) is 6. The van der Waals surface area contributed by atoms with Gasteiger partial charge in [-0.05, 0) is 42.5 Å². The van der Waals surface area contributed by atoms with E-state index in [1.54, 1.807) is 42.5 Å². The van der Waals surface area contributed by atoms with E-state index >= 15 is 0 Å². The van der Waals surface area contributed by atoms with Crippen LogP contribution < -0.4 is 15.7 Å². The van der Waals surface area contributed by atoms with Crippen LogP contribution in [0.2, 0.25) is 0 Å². The molecule has 154 valence electrons. The molecular formula is C20H20N6O3S. The van der Waals surface area contributed by atoms with Crippen molar-refractivity contribution in [2.45, 2.75) is 5.16 Å². The number of hydrogen-bond donors (Lipinski definition) is 2. The second kappa shape index (κ2) is 8.07. The summed E-state index contributed by atoms with van der Waals surface area (Å²) in [7, 11) is 5.04.